The largest absolute Gasteiger partial charge is 0.330 e. The Kier molecular flexibility index (Phi) is 4.91. The predicted octanol–water partition coefficient (Wildman–Crippen LogP) is 2.68. The van der Waals surface area contributed by atoms with E-state index in [1.54, 1.807) is 0 Å². The third-order valence-electron chi connectivity index (χ3n) is 5.29. The summed E-state index contributed by atoms with van der Waals surface area (Å²) < 4.78 is 11.3. The molecule has 2 saturated carbocycles. The van der Waals surface area contributed by atoms with Gasteiger partial charge in [0.15, 0.2) is 0 Å². The average Bonchev–Trinajstić information content (AvgIpc) is 2.37. The molecule has 2 aliphatic rings. The number of rotatable bonds is 4. The van der Waals surface area contributed by atoms with Gasteiger partial charge in [0.2, 0.25) is 0 Å². The van der Waals surface area contributed by atoms with Crippen molar-refractivity contribution < 1.29 is 4.57 Å². The summed E-state index contributed by atoms with van der Waals surface area (Å²) in [5, 5.41) is 0. The number of hydrogen-bond acceptors (Lipinski definition) is 3. The summed E-state index contributed by atoms with van der Waals surface area (Å²) >= 11 is 0. The molecule has 4 heteroatoms. The fraction of sp³-hybridized carbons (Fsp3) is 1.00. The molecule has 0 bridgehead atoms. The second-order valence-corrected chi connectivity index (χ2v) is 7.35. The van der Waals surface area contributed by atoms with Crippen LogP contribution in [0, 0.1) is 5.92 Å². The third-order valence-corrected chi connectivity index (χ3v) is 5.95. The first kappa shape index (κ1) is 14.6. The molecule has 2 fully saturated rings. The number of nitrogens with two attached hydrogens (primary N) is 2. The summed E-state index contributed by atoms with van der Waals surface area (Å²) in [6.45, 7) is 0. The molecule has 1 atom stereocenters. The maximum Gasteiger partial charge on any atom is 0.0649 e. The van der Waals surface area contributed by atoms with E-state index in [0.717, 1.165) is 31.8 Å². The molecule has 0 spiro atoms. The molecule has 106 valence electrons. The van der Waals surface area contributed by atoms with Gasteiger partial charge < -0.3 is 16.0 Å². The molecule has 3 nitrogen and oxygen atoms in total. The van der Waals surface area contributed by atoms with E-state index < -0.39 is 8.46 Å². The molecule has 0 radical (unpaired) electrons. The van der Waals surface area contributed by atoms with Gasteiger partial charge in [0.05, 0.1) is 8.46 Å². The summed E-state index contributed by atoms with van der Waals surface area (Å²) in [4.78, 5) is 0. The molecule has 1 unspecified atom stereocenters. The maximum absolute atomic E-state index is 11.3. The Morgan fingerprint density at radius 2 is 1.22 bits per heavy atom. The van der Waals surface area contributed by atoms with Crippen LogP contribution in [0.5, 0.6) is 0 Å². The SMILES string of the molecule is NC1(C(C[PH2]=O)C2(N)CCCCC2)CCCCC1. The van der Waals surface area contributed by atoms with E-state index in [9.17, 15) is 4.57 Å². The van der Waals surface area contributed by atoms with Crippen LogP contribution in [0.25, 0.3) is 0 Å². The molecule has 0 amide bonds. The highest BCUT2D eigenvalue weighted by molar-refractivity contribution is 7.23. The summed E-state index contributed by atoms with van der Waals surface area (Å²) in [6, 6.07) is 0. The van der Waals surface area contributed by atoms with Gasteiger partial charge in [0.25, 0.3) is 0 Å². The first-order chi connectivity index (χ1) is 8.61. The lowest BCUT2D eigenvalue weighted by molar-refractivity contribution is 0.102. The first-order valence-corrected chi connectivity index (χ1v) is 8.91. The monoisotopic (exact) mass is 272 g/mol. The van der Waals surface area contributed by atoms with E-state index in [2.05, 4.69) is 0 Å². The molecule has 0 saturated heterocycles. The van der Waals surface area contributed by atoms with Crippen molar-refractivity contribution in [3.8, 4) is 0 Å². The summed E-state index contributed by atoms with van der Waals surface area (Å²) in [5.74, 6) is 0.276. The van der Waals surface area contributed by atoms with Crippen LogP contribution < -0.4 is 11.5 Å². The van der Waals surface area contributed by atoms with Crippen molar-refractivity contribution in [1.82, 2.24) is 0 Å². The normalized spacial score (nSPS) is 27.9. The van der Waals surface area contributed by atoms with Gasteiger partial charge in [-0.2, -0.15) is 0 Å². The van der Waals surface area contributed by atoms with Gasteiger partial charge in [0, 0.05) is 23.2 Å². The second-order valence-electron chi connectivity index (χ2n) is 6.54. The highest BCUT2D eigenvalue weighted by Gasteiger charge is 2.46. The third kappa shape index (κ3) is 3.00. The van der Waals surface area contributed by atoms with E-state index in [4.69, 9.17) is 11.5 Å². The minimum Gasteiger partial charge on any atom is -0.330 e. The zero-order valence-electron chi connectivity index (χ0n) is 11.5. The number of hydrogen-bond donors (Lipinski definition) is 2. The standard InChI is InChI=1S/C14H29N2OP/c15-13(7-3-1-4-8-13)12(11-18-17)14(16)9-5-2-6-10-14/h12H,1-11,15-16,18H2. The fourth-order valence-corrected chi connectivity index (χ4v) is 5.39. The van der Waals surface area contributed by atoms with Crippen LogP contribution in [0.2, 0.25) is 0 Å². The minimum absolute atomic E-state index is 0.137. The van der Waals surface area contributed by atoms with E-state index in [-0.39, 0.29) is 17.0 Å². The van der Waals surface area contributed by atoms with Crippen LogP contribution in [0.15, 0.2) is 0 Å². The highest BCUT2D eigenvalue weighted by atomic mass is 31.1. The van der Waals surface area contributed by atoms with Crippen LogP contribution in [0.3, 0.4) is 0 Å². The van der Waals surface area contributed by atoms with Crippen molar-refractivity contribution in [1.29, 1.82) is 0 Å². The van der Waals surface area contributed by atoms with E-state index in [1.165, 1.54) is 38.5 Å². The molecule has 18 heavy (non-hydrogen) atoms. The van der Waals surface area contributed by atoms with Crippen molar-refractivity contribution in [3.05, 3.63) is 0 Å². The van der Waals surface area contributed by atoms with Crippen LogP contribution in [-0.2, 0) is 4.57 Å². The van der Waals surface area contributed by atoms with Crippen molar-refractivity contribution in [3.63, 3.8) is 0 Å². The Bertz CT molecular complexity index is 260. The lowest BCUT2D eigenvalue weighted by Gasteiger charge is -2.50. The molecular formula is C14H29N2OP. The van der Waals surface area contributed by atoms with Crippen molar-refractivity contribution in [2.75, 3.05) is 6.16 Å². The predicted molar refractivity (Wildman–Crippen MR) is 78.8 cm³/mol. The Hall–Kier alpha value is 0.150. The van der Waals surface area contributed by atoms with Crippen molar-refractivity contribution >= 4 is 8.46 Å². The topological polar surface area (TPSA) is 69.1 Å². The summed E-state index contributed by atoms with van der Waals surface area (Å²) in [7, 11) is -0.735. The van der Waals surface area contributed by atoms with Crippen LogP contribution >= 0.6 is 8.46 Å². The van der Waals surface area contributed by atoms with Gasteiger partial charge in [-0.1, -0.05) is 38.5 Å². The zero-order valence-corrected chi connectivity index (χ0v) is 12.7. The minimum atomic E-state index is -0.735. The summed E-state index contributed by atoms with van der Waals surface area (Å²) in [6.07, 6.45) is 12.6. The van der Waals surface area contributed by atoms with E-state index >= 15 is 0 Å². The molecule has 2 rings (SSSR count). The molecule has 0 aromatic rings. The van der Waals surface area contributed by atoms with Gasteiger partial charge in [-0.05, 0) is 25.7 Å². The Labute approximate surface area is 112 Å². The van der Waals surface area contributed by atoms with Crippen LogP contribution in [-0.4, -0.2) is 17.2 Å². The lowest BCUT2D eigenvalue weighted by Crippen LogP contribution is -2.63. The van der Waals surface area contributed by atoms with E-state index in [1.807, 2.05) is 0 Å². The first-order valence-electron chi connectivity index (χ1n) is 7.62. The smallest absolute Gasteiger partial charge is 0.0649 e. The molecule has 2 aliphatic carbocycles. The second kappa shape index (κ2) is 6.07. The summed E-state index contributed by atoms with van der Waals surface area (Å²) in [5.41, 5.74) is 13.1. The van der Waals surface area contributed by atoms with Gasteiger partial charge >= 0.3 is 0 Å². The van der Waals surface area contributed by atoms with Crippen LogP contribution in [0.4, 0.5) is 0 Å². The Morgan fingerprint density at radius 3 is 1.56 bits per heavy atom. The van der Waals surface area contributed by atoms with Crippen molar-refractivity contribution in [2.45, 2.75) is 75.3 Å². The highest BCUT2D eigenvalue weighted by Crippen LogP contribution is 2.43. The zero-order chi connectivity index (χ0) is 13.1. The molecule has 4 N–H and O–H groups in total. The lowest BCUT2D eigenvalue weighted by atomic mass is 9.62. The van der Waals surface area contributed by atoms with Gasteiger partial charge in [0.1, 0.15) is 0 Å². The quantitative estimate of drug-likeness (QED) is 0.773. The molecule has 0 aliphatic heterocycles. The molecule has 0 aromatic heterocycles. The Morgan fingerprint density at radius 1 is 0.833 bits per heavy atom. The average molecular weight is 272 g/mol. The van der Waals surface area contributed by atoms with E-state index in [0.29, 0.717) is 0 Å². The van der Waals surface area contributed by atoms with Gasteiger partial charge in [-0.3, -0.25) is 0 Å². The Balaban J connectivity index is 2.17. The molecular weight excluding hydrogens is 243 g/mol. The fourth-order valence-electron chi connectivity index (χ4n) is 4.26. The molecule has 0 heterocycles. The van der Waals surface area contributed by atoms with Gasteiger partial charge in [-0.15, -0.1) is 0 Å². The van der Waals surface area contributed by atoms with Crippen LogP contribution in [0.1, 0.15) is 64.2 Å². The molecule has 0 aromatic carbocycles. The maximum atomic E-state index is 11.3. The van der Waals surface area contributed by atoms with Gasteiger partial charge in [-0.25, -0.2) is 0 Å². The van der Waals surface area contributed by atoms with Crippen molar-refractivity contribution in [2.24, 2.45) is 17.4 Å².